The molecule has 33 heavy (non-hydrogen) atoms. The summed E-state index contributed by atoms with van der Waals surface area (Å²) in [4.78, 5) is 27.2. The number of hydrogen-bond donors (Lipinski definition) is 2. The Labute approximate surface area is 193 Å². The Morgan fingerprint density at radius 1 is 1.09 bits per heavy atom. The van der Waals surface area contributed by atoms with Crippen LogP contribution in [0.4, 0.5) is 16.3 Å². The van der Waals surface area contributed by atoms with Gasteiger partial charge in [-0.2, -0.15) is 0 Å². The molecule has 2 aromatic carbocycles. The van der Waals surface area contributed by atoms with E-state index in [0.717, 1.165) is 65.7 Å². The van der Waals surface area contributed by atoms with Gasteiger partial charge in [-0.3, -0.25) is 4.84 Å². The molecule has 8 nitrogen and oxygen atoms in total. The molecule has 0 radical (unpaired) electrons. The number of anilines is 2. The van der Waals surface area contributed by atoms with Gasteiger partial charge in [0.05, 0.1) is 24.7 Å². The van der Waals surface area contributed by atoms with Crippen molar-refractivity contribution in [1.82, 2.24) is 19.6 Å². The van der Waals surface area contributed by atoms with Gasteiger partial charge in [-0.15, -0.1) is 0 Å². The van der Waals surface area contributed by atoms with Gasteiger partial charge < -0.3 is 15.6 Å². The molecule has 0 aliphatic rings. The summed E-state index contributed by atoms with van der Waals surface area (Å²) in [5, 5.41) is 5.25. The first kappa shape index (κ1) is 22.5. The SMILES string of the molecule is CCCc1nc2c(N)nc3ccccc3c2n1CCCCN(OC)C(=O)Nc1ccccc1. The van der Waals surface area contributed by atoms with Crippen LogP contribution in [-0.2, 0) is 17.8 Å². The van der Waals surface area contributed by atoms with E-state index in [4.69, 9.17) is 15.6 Å². The molecule has 0 aliphatic heterocycles. The molecular weight excluding hydrogens is 416 g/mol. The van der Waals surface area contributed by atoms with Crippen LogP contribution < -0.4 is 11.1 Å². The molecule has 0 spiro atoms. The number of aryl methyl sites for hydroxylation is 2. The molecule has 0 unspecified atom stereocenters. The van der Waals surface area contributed by atoms with E-state index >= 15 is 0 Å². The third kappa shape index (κ3) is 4.90. The fourth-order valence-corrected chi connectivity index (χ4v) is 4.07. The minimum atomic E-state index is -0.284. The second-order valence-corrected chi connectivity index (χ2v) is 7.93. The highest BCUT2D eigenvalue weighted by Gasteiger charge is 2.17. The number of imidazole rings is 1. The van der Waals surface area contributed by atoms with Crippen LogP contribution in [0.5, 0.6) is 0 Å². The summed E-state index contributed by atoms with van der Waals surface area (Å²) < 4.78 is 2.26. The van der Waals surface area contributed by atoms with Crippen molar-refractivity contribution in [3.63, 3.8) is 0 Å². The topological polar surface area (TPSA) is 98.3 Å². The van der Waals surface area contributed by atoms with Crippen molar-refractivity contribution < 1.29 is 9.63 Å². The van der Waals surface area contributed by atoms with Crippen molar-refractivity contribution in [2.24, 2.45) is 0 Å². The van der Waals surface area contributed by atoms with Gasteiger partial charge in [-0.1, -0.05) is 43.3 Å². The number of aromatic nitrogens is 3. The molecular formula is C25H30N6O2. The molecule has 0 saturated carbocycles. The molecule has 0 bridgehead atoms. The van der Waals surface area contributed by atoms with Crippen molar-refractivity contribution in [3.05, 3.63) is 60.4 Å². The highest BCUT2D eigenvalue weighted by molar-refractivity contribution is 6.06. The number of para-hydroxylation sites is 2. The molecule has 0 saturated heterocycles. The summed E-state index contributed by atoms with van der Waals surface area (Å²) in [5.74, 6) is 1.48. The van der Waals surface area contributed by atoms with Crippen molar-refractivity contribution in [1.29, 1.82) is 0 Å². The van der Waals surface area contributed by atoms with Crippen LogP contribution in [0.1, 0.15) is 32.0 Å². The number of nitrogens with zero attached hydrogens (tertiary/aromatic N) is 4. The predicted octanol–water partition coefficient (Wildman–Crippen LogP) is 4.99. The maximum atomic E-state index is 12.5. The van der Waals surface area contributed by atoms with E-state index in [2.05, 4.69) is 27.9 Å². The molecule has 4 aromatic rings. The van der Waals surface area contributed by atoms with Gasteiger partial charge in [0.25, 0.3) is 0 Å². The fourth-order valence-electron chi connectivity index (χ4n) is 4.07. The van der Waals surface area contributed by atoms with Gasteiger partial charge in [0, 0.05) is 24.0 Å². The van der Waals surface area contributed by atoms with E-state index in [1.54, 1.807) is 0 Å². The Kier molecular flexibility index (Phi) is 7.04. The summed E-state index contributed by atoms with van der Waals surface area (Å²) in [6.07, 6.45) is 3.49. The lowest BCUT2D eigenvalue weighted by molar-refractivity contribution is -0.0823. The van der Waals surface area contributed by atoms with Crippen LogP contribution in [0, 0.1) is 0 Å². The van der Waals surface area contributed by atoms with Crippen LogP contribution >= 0.6 is 0 Å². The molecule has 2 amide bonds. The first-order chi connectivity index (χ1) is 16.1. The molecule has 2 heterocycles. The van der Waals surface area contributed by atoms with Crippen molar-refractivity contribution in [2.75, 3.05) is 24.7 Å². The summed E-state index contributed by atoms with van der Waals surface area (Å²) >= 11 is 0. The number of nitrogens with two attached hydrogens (primary N) is 1. The smallest absolute Gasteiger partial charge is 0.345 e. The zero-order valence-corrected chi connectivity index (χ0v) is 19.1. The third-order valence-electron chi connectivity index (χ3n) is 5.63. The van der Waals surface area contributed by atoms with Gasteiger partial charge in [0.15, 0.2) is 5.82 Å². The number of nitrogen functional groups attached to an aromatic ring is 1. The molecule has 0 fully saturated rings. The van der Waals surface area contributed by atoms with Crippen LogP contribution in [0.15, 0.2) is 54.6 Å². The first-order valence-corrected chi connectivity index (χ1v) is 11.3. The maximum absolute atomic E-state index is 12.5. The second kappa shape index (κ2) is 10.3. The lowest BCUT2D eigenvalue weighted by Crippen LogP contribution is -2.34. The Morgan fingerprint density at radius 3 is 2.61 bits per heavy atom. The number of nitrogens with one attached hydrogen (secondary N) is 1. The number of fused-ring (bicyclic) bond motifs is 3. The van der Waals surface area contributed by atoms with Crippen LogP contribution in [0.2, 0.25) is 0 Å². The van der Waals surface area contributed by atoms with Gasteiger partial charge in [0.1, 0.15) is 11.3 Å². The number of rotatable bonds is 9. The first-order valence-electron chi connectivity index (χ1n) is 11.3. The third-order valence-corrected chi connectivity index (χ3v) is 5.63. The number of urea groups is 1. The minimum Gasteiger partial charge on any atom is -0.382 e. The zero-order chi connectivity index (χ0) is 23.2. The van der Waals surface area contributed by atoms with Crippen molar-refractivity contribution in [3.8, 4) is 0 Å². The van der Waals surface area contributed by atoms with Gasteiger partial charge in [0.2, 0.25) is 0 Å². The molecule has 2 aromatic heterocycles. The Balaban J connectivity index is 1.48. The zero-order valence-electron chi connectivity index (χ0n) is 19.1. The number of amides is 2. The summed E-state index contributed by atoms with van der Waals surface area (Å²) in [7, 11) is 1.51. The number of hydroxylamine groups is 2. The number of carbonyl (C=O) groups excluding carboxylic acids is 1. The molecule has 0 atom stereocenters. The summed E-state index contributed by atoms with van der Waals surface area (Å²) in [6, 6.07) is 17.1. The van der Waals surface area contributed by atoms with E-state index in [1.807, 2.05) is 48.5 Å². The molecule has 0 aliphatic carbocycles. The monoisotopic (exact) mass is 446 g/mol. The summed E-state index contributed by atoms with van der Waals surface area (Å²) in [6.45, 7) is 3.40. The fraction of sp³-hybridized carbons (Fsp3) is 0.320. The van der Waals surface area contributed by atoms with Crippen molar-refractivity contribution in [2.45, 2.75) is 39.2 Å². The van der Waals surface area contributed by atoms with Gasteiger partial charge >= 0.3 is 6.03 Å². The molecule has 172 valence electrons. The lowest BCUT2D eigenvalue weighted by atomic mass is 10.2. The lowest BCUT2D eigenvalue weighted by Gasteiger charge is -2.20. The largest absolute Gasteiger partial charge is 0.382 e. The quantitative estimate of drug-likeness (QED) is 0.279. The minimum absolute atomic E-state index is 0.284. The standard InChI is InChI=1S/C25H30N6O2/c1-3-11-21-29-22-23(19-14-7-8-15-20(19)28-24(22)26)30(21)16-9-10-17-31(33-2)25(32)27-18-12-5-4-6-13-18/h4-8,12-15H,3,9-11,16-17H2,1-2H3,(H2,26,28)(H,27,32). The number of benzene rings is 2. The molecule has 4 rings (SSSR count). The molecule has 8 heteroatoms. The Bertz CT molecular complexity index is 1240. The predicted molar refractivity (Wildman–Crippen MR) is 132 cm³/mol. The average Bonchev–Trinajstić information content (AvgIpc) is 3.19. The Morgan fingerprint density at radius 2 is 1.85 bits per heavy atom. The number of carbonyl (C=O) groups is 1. The second-order valence-electron chi connectivity index (χ2n) is 7.93. The number of pyridine rings is 1. The van der Waals surface area contributed by atoms with E-state index in [0.29, 0.717) is 12.4 Å². The highest BCUT2D eigenvalue weighted by atomic mass is 16.7. The van der Waals surface area contributed by atoms with Crippen LogP contribution in [0.25, 0.3) is 21.9 Å². The number of hydrogen-bond acceptors (Lipinski definition) is 5. The molecule has 3 N–H and O–H groups in total. The number of unbranched alkanes of at least 4 members (excludes halogenated alkanes) is 1. The normalized spacial score (nSPS) is 11.2. The average molecular weight is 447 g/mol. The maximum Gasteiger partial charge on any atom is 0.345 e. The van der Waals surface area contributed by atoms with Crippen molar-refractivity contribution >= 4 is 39.5 Å². The highest BCUT2D eigenvalue weighted by Crippen LogP contribution is 2.29. The van der Waals surface area contributed by atoms with E-state index in [-0.39, 0.29) is 6.03 Å². The van der Waals surface area contributed by atoms with Crippen LogP contribution in [-0.4, -0.2) is 39.3 Å². The van der Waals surface area contributed by atoms with Crippen LogP contribution in [0.3, 0.4) is 0 Å². The van der Waals surface area contributed by atoms with E-state index < -0.39 is 0 Å². The van der Waals surface area contributed by atoms with Gasteiger partial charge in [-0.05, 0) is 37.5 Å². The van der Waals surface area contributed by atoms with E-state index in [1.165, 1.54) is 12.2 Å². The summed E-state index contributed by atoms with van der Waals surface area (Å²) in [5.41, 5.74) is 9.65. The van der Waals surface area contributed by atoms with E-state index in [9.17, 15) is 4.79 Å². The van der Waals surface area contributed by atoms with Gasteiger partial charge in [-0.25, -0.2) is 19.8 Å². The Hall–Kier alpha value is -3.65.